The Kier molecular flexibility index (Phi) is 5.66. The lowest BCUT2D eigenvalue weighted by Crippen LogP contribution is -2.27. The van der Waals surface area contributed by atoms with Gasteiger partial charge in [-0.2, -0.15) is 5.26 Å². The Hall–Kier alpha value is -2.58. The maximum Gasteiger partial charge on any atom is 0.271 e. The van der Waals surface area contributed by atoms with Crippen molar-refractivity contribution in [2.45, 2.75) is 34.2 Å². The van der Waals surface area contributed by atoms with Crippen molar-refractivity contribution in [3.05, 3.63) is 55.8 Å². The van der Waals surface area contributed by atoms with Gasteiger partial charge >= 0.3 is 0 Å². The summed E-state index contributed by atoms with van der Waals surface area (Å²) >= 11 is 6.10. The Balaban J connectivity index is 2.65. The van der Waals surface area contributed by atoms with Crippen LogP contribution in [0.15, 0.2) is 28.0 Å². The third kappa shape index (κ3) is 3.75. The van der Waals surface area contributed by atoms with Crippen molar-refractivity contribution in [3.8, 4) is 11.9 Å². The summed E-state index contributed by atoms with van der Waals surface area (Å²) in [5.74, 6) is -0.0450. The number of pyridine rings is 1. The van der Waals surface area contributed by atoms with E-state index in [9.17, 15) is 15.2 Å². The highest BCUT2D eigenvalue weighted by atomic mass is 35.5. The number of aromatic hydroxyl groups is 1. The summed E-state index contributed by atoms with van der Waals surface area (Å²) in [7, 11) is 0. The topological polar surface area (TPSA) is 78.4 Å². The monoisotopic (exact) mass is 357 g/mol. The van der Waals surface area contributed by atoms with Crippen LogP contribution in [0.5, 0.6) is 5.88 Å². The number of benzene rings is 1. The number of aliphatic imine (C=N–C) groups is 1. The first-order valence-corrected chi connectivity index (χ1v) is 8.31. The van der Waals surface area contributed by atoms with Gasteiger partial charge in [0.1, 0.15) is 11.6 Å². The molecule has 0 aliphatic rings. The molecule has 1 aromatic carbocycles. The lowest BCUT2D eigenvalue weighted by molar-refractivity contribution is 0.381. The minimum Gasteiger partial charge on any atom is -0.494 e. The van der Waals surface area contributed by atoms with Crippen molar-refractivity contribution in [2.75, 3.05) is 0 Å². The fraction of sp³-hybridized carbons (Fsp3) is 0.316. The van der Waals surface area contributed by atoms with Crippen LogP contribution in [0.1, 0.15) is 36.1 Å². The van der Waals surface area contributed by atoms with E-state index < -0.39 is 5.56 Å². The van der Waals surface area contributed by atoms with Gasteiger partial charge in [-0.25, -0.2) is 0 Å². The molecule has 130 valence electrons. The molecule has 0 amide bonds. The molecule has 2 aromatic rings. The minimum atomic E-state index is -0.484. The molecule has 0 saturated heterocycles. The van der Waals surface area contributed by atoms with E-state index in [4.69, 9.17) is 11.6 Å². The summed E-state index contributed by atoms with van der Waals surface area (Å²) in [4.78, 5) is 16.8. The number of nitriles is 1. The second-order valence-electron chi connectivity index (χ2n) is 6.30. The molecule has 1 aromatic heterocycles. The highest BCUT2D eigenvalue weighted by Crippen LogP contribution is 2.27. The molecule has 0 unspecified atom stereocenters. The van der Waals surface area contributed by atoms with Gasteiger partial charge in [0, 0.05) is 17.8 Å². The number of rotatable bonds is 4. The van der Waals surface area contributed by atoms with Crippen LogP contribution in [0.4, 0.5) is 5.69 Å². The van der Waals surface area contributed by atoms with Crippen molar-refractivity contribution in [2.24, 2.45) is 10.9 Å². The molecule has 0 atom stereocenters. The highest BCUT2D eigenvalue weighted by Gasteiger charge is 2.18. The molecule has 5 nitrogen and oxygen atoms in total. The van der Waals surface area contributed by atoms with Gasteiger partial charge in [-0.15, -0.1) is 0 Å². The molecule has 0 saturated carbocycles. The van der Waals surface area contributed by atoms with E-state index in [1.54, 1.807) is 25.1 Å². The molecule has 0 fully saturated rings. The van der Waals surface area contributed by atoms with Gasteiger partial charge < -0.3 is 5.11 Å². The zero-order valence-electron chi connectivity index (χ0n) is 14.7. The largest absolute Gasteiger partial charge is 0.494 e. The van der Waals surface area contributed by atoms with Crippen molar-refractivity contribution in [3.63, 3.8) is 0 Å². The minimum absolute atomic E-state index is 0.0164. The first-order chi connectivity index (χ1) is 11.8. The summed E-state index contributed by atoms with van der Waals surface area (Å²) in [6, 6.07) is 7.30. The molecule has 6 heteroatoms. The average molecular weight is 358 g/mol. The van der Waals surface area contributed by atoms with Gasteiger partial charge in [-0.3, -0.25) is 14.4 Å². The zero-order valence-corrected chi connectivity index (χ0v) is 15.4. The normalized spacial score (nSPS) is 11.2. The first kappa shape index (κ1) is 18.8. The Morgan fingerprint density at radius 1 is 1.36 bits per heavy atom. The van der Waals surface area contributed by atoms with Crippen LogP contribution in [0.25, 0.3) is 0 Å². The van der Waals surface area contributed by atoms with Crippen molar-refractivity contribution in [1.29, 1.82) is 5.26 Å². The number of aromatic nitrogens is 1. The third-order valence-corrected chi connectivity index (χ3v) is 4.38. The molecule has 0 aliphatic carbocycles. The fourth-order valence-electron chi connectivity index (χ4n) is 2.53. The summed E-state index contributed by atoms with van der Waals surface area (Å²) in [5.41, 5.74) is 1.77. The van der Waals surface area contributed by atoms with E-state index in [1.807, 2.05) is 26.8 Å². The zero-order chi connectivity index (χ0) is 18.7. The molecule has 0 aliphatic heterocycles. The Morgan fingerprint density at radius 2 is 2.04 bits per heavy atom. The Morgan fingerprint density at radius 3 is 2.64 bits per heavy atom. The number of hydrogen-bond acceptors (Lipinski definition) is 4. The molecule has 0 bridgehead atoms. The number of nitrogens with zero attached hydrogens (tertiary/aromatic N) is 3. The standard InChI is InChI=1S/C19H20ClN3O2/c1-11(2)10-23-18(24)14(8-21)12(3)15(19(23)25)9-22-17-7-5-6-16(20)13(17)4/h5-7,9,11,25H,10H2,1-4H3. The van der Waals surface area contributed by atoms with Gasteiger partial charge in [0.2, 0.25) is 5.88 Å². The van der Waals surface area contributed by atoms with E-state index in [0.717, 1.165) is 5.56 Å². The molecule has 1 heterocycles. The predicted molar refractivity (Wildman–Crippen MR) is 100 cm³/mol. The predicted octanol–water partition coefficient (Wildman–Crippen LogP) is 4.10. The van der Waals surface area contributed by atoms with Gasteiger partial charge in [0.05, 0.1) is 11.3 Å². The van der Waals surface area contributed by atoms with Crippen molar-refractivity contribution >= 4 is 23.5 Å². The van der Waals surface area contributed by atoms with Crippen molar-refractivity contribution < 1.29 is 5.11 Å². The first-order valence-electron chi connectivity index (χ1n) is 7.93. The molecule has 25 heavy (non-hydrogen) atoms. The molecular formula is C19H20ClN3O2. The van der Waals surface area contributed by atoms with Crippen LogP contribution in [0, 0.1) is 31.1 Å². The SMILES string of the molecule is Cc1c(Cl)cccc1N=Cc1c(C)c(C#N)c(=O)n(CC(C)C)c1O. The summed E-state index contributed by atoms with van der Waals surface area (Å²) in [5, 5.41) is 20.5. The number of halogens is 1. The second kappa shape index (κ2) is 7.54. The summed E-state index contributed by atoms with van der Waals surface area (Å²) in [6.07, 6.45) is 1.47. The lowest BCUT2D eigenvalue weighted by Gasteiger charge is -2.15. The molecule has 0 spiro atoms. The van der Waals surface area contributed by atoms with Crippen LogP contribution in [-0.4, -0.2) is 15.9 Å². The smallest absolute Gasteiger partial charge is 0.271 e. The van der Waals surface area contributed by atoms with E-state index in [1.165, 1.54) is 10.8 Å². The van der Waals surface area contributed by atoms with E-state index in [2.05, 4.69) is 4.99 Å². The van der Waals surface area contributed by atoms with Crippen molar-refractivity contribution in [1.82, 2.24) is 4.57 Å². The van der Waals surface area contributed by atoms with Gasteiger partial charge in [-0.1, -0.05) is 31.5 Å². The molecular weight excluding hydrogens is 338 g/mol. The van der Waals surface area contributed by atoms with Crippen LogP contribution >= 0.6 is 11.6 Å². The third-order valence-electron chi connectivity index (χ3n) is 3.97. The maximum absolute atomic E-state index is 12.4. The van der Waals surface area contributed by atoms with Crippen LogP contribution < -0.4 is 5.56 Å². The number of hydrogen-bond donors (Lipinski definition) is 1. The van der Waals surface area contributed by atoms with Crippen LogP contribution in [-0.2, 0) is 6.54 Å². The fourth-order valence-corrected chi connectivity index (χ4v) is 2.70. The quantitative estimate of drug-likeness (QED) is 0.836. The summed E-state index contributed by atoms with van der Waals surface area (Å²) in [6.45, 7) is 7.66. The van der Waals surface area contributed by atoms with Crippen LogP contribution in [0.2, 0.25) is 5.02 Å². The summed E-state index contributed by atoms with van der Waals surface area (Å²) < 4.78 is 1.22. The Labute approximate surface area is 151 Å². The van der Waals surface area contributed by atoms with E-state index in [-0.39, 0.29) is 17.4 Å². The van der Waals surface area contributed by atoms with Gasteiger partial charge in [0.25, 0.3) is 5.56 Å². The maximum atomic E-state index is 12.4. The highest BCUT2D eigenvalue weighted by molar-refractivity contribution is 6.31. The molecule has 0 radical (unpaired) electrons. The van der Waals surface area contributed by atoms with Gasteiger partial charge in [0.15, 0.2) is 0 Å². The van der Waals surface area contributed by atoms with E-state index >= 15 is 0 Å². The average Bonchev–Trinajstić information content (AvgIpc) is 2.55. The second-order valence-corrected chi connectivity index (χ2v) is 6.71. The van der Waals surface area contributed by atoms with E-state index in [0.29, 0.717) is 28.4 Å². The lowest BCUT2D eigenvalue weighted by atomic mass is 10.1. The van der Waals surface area contributed by atoms with Crippen LogP contribution in [0.3, 0.4) is 0 Å². The van der Waals surface area contributed by atoms with Gasteiger partial charge in [-0.05, 0) is 43.0 Å². The molecule has 1 N–H and O–H groups in total. The molecule has 2 rings (SSSR count). The Bertz CT molecular complexity index is 937.